The van der Waals surface area contributed by atoms with E-state index in [9.17, 15) is 19.5 Å². The van der Waals surface area contributed by atoms with Gasteiger partial charge < -0.3 is 14.6 Å². The molecule has 1 heterocycles. The van der Waals surface area contributed by atoms with Crippen molar-refractivity contribution in [2.24, 2.45) is 0 Å². The lowest BCUT2D eigenvalue weighted by Gasteiger charge is -2.26. The van der Waals surface area contributed by atoms with E-state index in [1.54, 1.807) is 60.7 Å². The number of hydrogen-bond donors (Lipinski definition) is 1. The first-order valence-corrected chi connectivity index (χ1v) is 12.4. The maximum Gasteiger partial charge on any atom is 0.337 e. The Balaban J connectivity index is 1.93. The lowest BCUT2D eigenvalue weighted by Crippen LogP contribution is -2.29. The number of ketones is 1. The summed E-state index contributed by atoms with van der Waals surface area (Å²) < 4.78 is 10.6. The molecular weight excluding hydrogens is 482 g/mol. The Hall–Kier alpha value is -4.39. The van der Waals surface area contributed by atoms with Crippen LogP contribution in [0.3, 0.4) is 0 Å². The third-order valence-corrected chi connectivity index (χ3v) is 6.47. The Labute approximate surface area is 222 Å². The van der Waals surface area contributed by atoms with E-state index in [0.717, 1.165) is 5.56 Å². The molecular formula is C31H31NO6. The van der Waals surface area contributed by atoms with Crippen LogP contribution in [-0.2, 0) is 19.7 Å². The Morgan fingerprint density at radius 1 is 0.947 bits per heavy atom. The molecule has 3 aromatic carbocycles. The van der Waals surface area contributed by atoms with Crippen molar-refractivity contribution in [1.29, 1.82) is 0 Å². The summed E-state index contributed by atoms with van der Waals surface area (Å²) in [7, 11) is 1.27. The molecule has 1 amide bonds. The van der Waals surface area contributed by atoms with Crippen LogP contribution in [0.1, 0.15) is 60.8 Å². The molecule has 0 radical (unpaired) electrons. The summed E-state index contributed by atoms with van der Waals surface area (Å²) in [5.41, 5.74) is 2.14. The smallest absolute Gasteiger partial charge is 0.337 e. The van der Waals surface area contributed by atoms with Crippen molar-refractivity contribution >= 4 is 29.1 Å². The first kappa shape index (κ1) is 26.7. The molecule has 1 N–H and O–H groups in total. The standard InChI is InChI=1S/C31H31NO6/c1-6-38-24-16-15-20(18-23(24)31(2,3)4)27(33)25-26(19-11-8-7-9-12-19)32(29(35)28(25)34)22-14-10-13-21(17-22)30(36)37-5/h7-18,26,33H,6H2,1-5H3/b27-25-. The lowest BCUT2D eigenvalue weighted by molar-refractivity contribution is -0.132. The van der Waals surface area contributed by atoms with Crippen molar-refractivity contribution in [2.75, 3.05) is 18.6 Å². The third-order valence-electron chi connectivity index (χ3n) is 6.47. The highest BCUT2D eigenvalue weighted by Crippen LogP contribution is 2.43. The van der Waals surface area contributed by atoms with Crippen LogP contribution < -0.4 is 9.64 Å². The highest BCUT2D eigenvalue weighted by molar-refractivity contribution is 6.51. The fraction of sp³-hybridized carbons (Fsp3) is 0.258. The van der Waals surface area contributed by atoms with Gasteiger partial charge in [0.1, 0.15) is 11.5 Å². The van der Waals surface area contributed by atoms with E-state index in [-0.39, 0.29) is 22.3 Å². The van der Waals surface area contributed by atoms with E-state index in [1.165, 1.54) is 18.1 Å². The molecule has 38 heavy (non-hydrogen) atoms. The Bertz CT molecular complexity index is 1420. The highest BCUT2D eigenvalue weighted by Gasteiger charge is 2.47. The summed E-state index contributed by atoms with van der Waals surface area (Å²) in [5, 5.41) is 11.6. The van der Waals surface area contributed by atoms with Crippen LogP contribution in [0.2, 0.25) is 0 Å². The van der Waals surface area contributed by atoms with Crippen molar-refractivity contribution in [3.8, 4) is 5.75 Å². The van der Waals surface area contributed by atoms with Crippen LogP contribution in [0.4, 0.5) is 5.69 Å². The monoisotopic (exact) mass is 513 g/mol. The third kappa shape index (κ3) is 4.92. The second-order valence-electron chi connectivity index (χ2n) is 10.0. The highest BCUT2D eigenvalue weighted by atomic mass is 16.5. The molecule has 1 atom stereocenters. The number of carbonyl (C=O) groups excluding carboxylic acids is 3. The number of nitrogens with zero attached hydrogens (tertiary/aromatic N) is 1. The number of esters is 1. The number of hydrogen-bond acceptors (Lipinski definition) is 6. The van der Waals surface area contributed by atoms with Gasteiger partial charge in [0.05, 0.1) is 30.9 Å². The number of carbonyl (C=O) groups is 3. The first-order chi connectivity index (χ1) is 18.1. The van der Waals surface area contributed by atoms with Crippen LogP contribution in [0, 0.1) is 0 Å². The van der Waals surface area contributed by atoms with Crippen molar-refractivity contribution < 1.29 is 29.0 Å². The average Bonchev–Trinajstić information content (AvgIpc) is 3.18. The molecule has 1 aliphatic rings. The minimum absolute atomic E-state index is 0.0336. The van der Waals surface area contributed by atoms with E-state index in [2.05, 4.69) is 0 Å². The van der Waals surface area contributed by atoms with Gasteiger partial charge in [-0.05, 0) is 54.3 Å². The van der Waals surface area contributed by atoms with Crippen LogP contribution in [0.15, 0.2) is 78.4 Å². The topological polar surface area (TPSA) is 93.1 Å². The van der Waals surface area contributed by atoms with E-state index < -0.39 is 23.7 Å². The molecule has 7 heteroatoms. The number of aliphatic hydroxyl groups is 1. The number of methoxy groups -OCH3 is 1. The summed E-state index contributed by atoms with van der Waals surface area (Å²) in [4.78, 5) is 40.4. The summed E-state index contributed by atoms with van der Waals surface area (Å²) in [6.45, 7) is 8.48. The van der Waals surface area contributed by atoms with E-state index in [0.29, 0.717) is 29.2 Å². The number of anilines is 1. The second kappa shape index (κ2) is 10.5. The number of ether oxygens (including phenoxy) is 2. The molecule has 0 aromatic heterocycles. The molecule has 7 nitrogen and oxygen atoms in total. The summed E-state index contributed by atoms with van der Waals surface area (Å²) >= 11 is 0. The number of aliphatic hydroxyl groups excluding tert-OH is 1. The Morgan fingerprint density at radius 2 is 1.66 bits per heavy atom. The first-order valence-electron chi connectivity index (χ1n) is 12.4. The number of benzene rings is 3. The normalized spacial score (nSPS) is 17.0. The van der Waals surface area contributed by atoms with Gasteiger partial charge in [0.2, 0.25) is 0 Å². The molecule has 0 saturated carbocycles. The fourth-order valence-corrected chi connectivity index (χ4v) is 4.65. The van der Waals surface area contributed by atoms with Gasteiger partial charge in [-0.1, -0.05) is 57.2 Å². The molecule has 3 aromatic rings. The SMILES string of the molecule is CCOc1ccc(/C(O)=C2/C(=O)C(=O)N(c3cccc(C(=O)OC)c3)C2c2ccccc2)cc1C(C)(C)C. The molecule has 196 valence electrons. The number of amides is 1. The lowest BCUT2D eigenvalue weighted by atomic mass is 9.84. The summed E-state index contributed by atoms with van der Waals surface area (Å²) in [6, 6.07) is 19.7. The number of rotatable bonds is 6. The second-order valence-corrected chi connectivity index (χ2v) is 10.0. The van der Waals surface area contributed by atoms with Gasteiger partial charge in [-0.3, -0.25) is 14.5 Å². The molecule has 1 unspecified atom stereocenters. The van der Waals surface area contributed by atoms with E-state index in [1.807, 2.05) is 33.8 Å². The van der Waals surface area contributed by atoms with Crippen molar-refractivity contribution in [3.63, 3.8) is 0 Å². The Morgan fingerprint density at radius 3 is 2.29 bits per heavy atom. The van der Waals surface area contributed by atoms with Crippen molar-refractivity contribution in [3.05, 3.63) is 101 Å². The quantitative estimate of drug-likeness (QED) is 0.194. The van der Waals surface area contributed by atoms with Gasteiger partial charge in [0, 0.05) is 16.8 Å². The minimum Gasteiger partial charge on any atom is -0.507 e. The van der Waals surface area contributed by atoms with Gasteiger partial charge in [-0.15, -0.1) is 0 Å². The zero-order chi connectivity index (χ0) is 27.6. The van der Waals surface area contributed by atoms with Crippen molar-refractivity contribution in [1.82, 2.24) is 0 Å². The minimum atomic E-state index is -0.909. The molecule has 1 fully saturated rings. The Kier molecular flexibility index (Phi) is 7.39. The van der Waals surface area contributed by atoms with E-state index >= 15 is 0 Å². The summed E-state index contributed by atoms with van der Waals surface area (Å²) in [6.07, 6.45) is 0. The zero-order valence-corrected chi connectivity index (χ0v) is 22.1. The maximum absolute atomic E-state index is 13.5. The van der Waals surface area contributed by atoms with Gasteiger partial charge in [-0.2, -0.15) is 0 Å². The van der Waals surface area contributed by atoms with Crippen LogP contribution in [-0.4, -0.2) is 36.5 Å². The van der Waals surface area contributed by atoms with Crippen molar-refractivity contribution in [2.45, 2.75) is 39.2 Å². The molecule has 1 saturated heterocycles. The predicted molar refractivity (Wildman–Crippen MR) is 145 cm³/mol. The fourth-order valence-electron chi connectivity index (χ4n) is 4.65. The largest absolute Gasteiger partial charge is 0.507 e. The molecule has 0 spiro atoms. The van der Waals surface area contributed by atoms with Gasteiger partial charge in [0.25, 0.3) is 11.7 Å². The van der Waals surface area contributed by atoms with Crippen LogP contribution >= 0.6 is 0 Å². The van der Waals surface area contributed by atoms with Gasteiger partial charge in [0.15, 0.2) is 0 Å². The van der Waals surface area contributed by atoms with Crippen LogP contribution in [0.5, 0.6) is 5.75 Å². The van der Waals surface area contributed by atoms with Crippen LogP contribution in [0.25, 0.3) is 5.76 Å². The molecule has 1 aliphatic heterocycles. The zero-order valence-electron chi connectivity index (χ0n) is 22.1. The van der Waals surface area contributed by atoms with Gasteiger partial charge in [-0.25, -0.2) is 4.79 Å². The average molecular weight is 514 g/mol. The maximum atomic E-state index is 13.5. The molecule has 0 aliphatic carbocycles. The van der Waals surface area contributed by atoms with E-state index in [4.69, 9.17) is 9.47 Å². The molecule has 4 rings (SSSR count). The number of Topliss-reactive ketones (excluding diaryl/α,β-unsaturated/α-hetero) is 1. The molecule has 0 bridgehead atoms. The predicted octanol–water partition coefficient (Wildman–Crippen LogP) is 5.80. The summed E-state index contributed by atoms with van der Waals surface area (Å²) in [5.74, 6) is -1.77. The van der Waals surface area contributed by atoms with Gasteiger partial charge >= 0.3 is 5.97 Å².